The molecule has 17 heavy (non-hydrogen) atoms. The van der Waals surface area contributed by atoms with Crippen LogP contribution in [0.3, 0.4) is 0 Å². The highest BCUT2D eigenvalue weighted by atomic mass is 16.5. The molecule has 1 aromatic rings. The van der Waals surface area contributed by atoms with E-state index in [1.54, 1.807) is 25.3 Å². The monoisotopic (exact) mass is 235 g/mol. The van der Waals surface area contributed by atoms with Gasteiger partial charge in [-0.3, -0.25) is 4.79 Å². The van der Waals surface area contributed by atoms with Gasteiger partial charge in [0.25, 0.3) is 0 Å². The highest BCUT2D eigenvalue weighted by molar-refractivity contribution is 5.79. The van der Waals surface area contributed by atoms with Gasteiger partial charge < -0.3 is 15.2 Å². The van der Waals surface area contributed by atoms with Crippen LogP contribution in [0.15, 0.2) is 18.2 Å². The van der Waals surface area contributed by atoms with E-state index in [1.165, 1.54) is 12.8 Å². The lowest BCUT2D eigenvalue weighted by atomic mass is 10.1. The van der Waals surface area contributed by atoms with Crippen molar-refractivity contribution in [3.63, 3.8) is 0 Å². The van der Waals surface area contributed by atoms with E-state index in [4.69, 9.17) is 4.74 Å². The number of hydrogen-bond donors (Lipinski definition) is 2. The number of hydrogen-bond acceptors (Lipinski definition) is 3. The minimum atomic E-state index is -0.0270. The van der Waals surface area contributed by atoms with Crippen LogP contribution < -0.4 is 10.1 Å². The largest absolute Gasteiger partial charge is 0.508 e. The Bertz CT molecular complexity index is 413. The number of aromatic hydroxyl groups is 1. The van der Waals surface area contributed by atoms with Crippen LogP contribution in [0.25, 0.3) is 0 Å². The third kappa shape index (κ3) is 3.37. The van der Waals surface area contributed by atoms with Crippen molar-refractivity contribution in [3.8, 4) is 11.5 Å². The van der Waals surface area contributed by atoms with Crippen LogP contribution in [-0.4, -0.2) is 24.7 Å². The number of amides is 1. The summed E-state index contributed by atoms with van der Waals surface area (Å²) in [4.78, 5) is 11.7. The summed E-state index contributed by atoms with van der Waals surface area (Å²) in [5.74, 6) is 1.42. The summed E-state index contributed by atoms with van der Waals surface area (Å²) >= 11 is 0. The zero-order valence-corrected chi connectivity index (χ0v) is 9.90. The van der Waals surface area contributed by atoms with Gasteiger partial charge in [0.1, 0.15) is 11.5 Å². The Kier molecular flexibility index (Phi) is 3.52. The zero-order chi connectivity index (χ0) is 12.3. The highest BCUT2D eigenvalue weighted by Crippen LogP contribution is 2.28. The van der Waals surface area contributed by atoms with Crippen molar-refractivity contribution in [1.29, 1.82) is 0 Å². The number of carbonyl (C=O) groups is 1. The van der Waals surface area contributed by atoms with Gasteiger partial charge >= 0.3 is 0 Å². The molecule has 2 rings (SSSR count). The first-order chi connectivity index (χ1) is 8.19. The molecule has 1 aliphatic rings. The molecule has 0 heterocycles. The fourth-order valence-corrected chi connectivity index (χ4v) is 1.72. The number of phenolic OH excluding ortho intramolecular Hbond substituents is 1. The molecule has 1 amide bonds. The van der Waals surface area contributed by atoms with Crippen molar-refractivity contribution >= 4 is 5.91 Å². The SMILES string of the molecule is COc1ccc(O)cc1CC(=O)NCC1CC1. The molecule has 0 spiro atoms. The summed E-state index contributed by atoms with van der Waals surface area (Å²) in [5, 5.41) is 12.3. The van der Waals surface area contributed by atoms with E-state index in [0.717, 1.165) is 6.54 Å². The van der Waals surface area contributed by atoms with Gasteiger partial charge in [-0.15, -0.1) is 0 Å². The summed E-state index contributed by atoms with van der Waals surface area (Å²) in [6.07, 6.45) is 2.68. The molecular weight excluding hydrogens is 218 g/mol. The Balaban J connectivity index is 1.95. The van der Waals surface area contributed by atoms with Crippen LogP contribution in [0.4, 0.5) is 0 Å². The predicted octanol–water partition coefficient (Wildman–Crippen LogP) is 1.47. The molecule has 4 nitrogen and oxygen atoms in total. The van der Waals surface area contributed by atoms with E-state index < -0.39 is 0 Å². The Morgan fingerprint density at radius 3 is 2.94 bits per heavy atom. The number of phenols is 1. The fourth-order valence-electron chi connectivity index (χ4n) is 1.72. The van der Waals surface area contributed by atoms with Gasteiger partial charge in [0, 0.05) is 12.1 Å². The standard InChI is InChI=1S/C13H17NO3/c1-17-12-5-4-11(15)6-10(12)7-13(16)14-8-9-2-3-9/h4-6,9,15H,2-3,7-8H2,1H3,(H,14,16). The maximum Gasteiger partial charge on any atom is 0.224 e. The average Bonchev–Trinajstić information content (AvgIpc) is 3.10. The van der Waals surface area contributed by atoms with Gasteiger partial charge in [-0.05, 0) is 37.0 Å². The Labute approximate surface area is 101 Å². The second-order valence-electron chi connectivity index (χ2n) is 4.42. The third-order valence-electron chi connectivity index (χ3n) is 2.90. The van der Waals surface area contributed by atoms with E-state index in [9.17, 15) is 9.90 Å². The maximum atomic E-state index is 11.7. The van der Waals surface area contributed by atoms with Gasteiger partial charge in [-0.25, -0.2) is 0 Å². The molecule has 0 unspecified atom stereocenters. The number of benzene rings is 1. The van der Waals surface area contributed by atoms with E-state index in [-0.39, 0.29) is 18.1 Å². The summed E-state index contributed by atoms with van der Waals surface area (Å²) in [6, 6.07) is 4.78. The lowest BCUT2D eigenvalue weighted by Crippen LogP contribution is -2.27. The molecule has 0 radical (unpaired) electrons. The first kappa shape index (κ1) is 11.8. The van der Waals surface area contributed by atoms with Crippen molar-refractivity contribution < 1.29 is 14.6 Å². The second kappa shape index (κ2) is 5.08. The number of carbonyl (C=O) groups excluding carboxylic acids is 1. The van der Waals surface area contributed by atoms with Crippen LogP contribution in [0, 0.1) is 5.92 Å². The fraction of sp³-hybridized carbons (Fsp3) is 0.462. The highest BCUT2D eigenvalue weighted by Gasteiger charge is 2.21. The average molecular weight is 235 g/mol. The molecule has 4 heteroatoms. The Morgan fingerprint density at radius 1 is 1.53 bits per heavy atom. The summed E-state index contributed by atoms with van der Waals surface area (Å²) in [7, 11) is 1.55. The molecule has 1 saturated carbocycles. The molecule has 0 aliphatic heterocycles. The van der Waals surface area contributed by atoms with Crippen LogP contribution in [-0.2, 0) is 11.2 Å². The maximum absolute atomic E-state index is 11.7. The zero-order valence-electron chi connectivity index (χ0n) is 9.90. The number of nitrogens with one attached hydrogen (secondary N) is 1. The van der Waals surface area contributed by atoms with Gasteiger partial charge in [-0.1, -0.05) is 0 Å². The topological polar surface area (TPSA) is 58.6 Å². The van der Waals surface area contributed by atoms with Gasteiger partial charge in [0.15, 0.2) is 0 Å². The van der Waals surface area contributed by atoms with E-state index in [1.807, 2.05) is 0 Å². The molecule has 2 N–H and O–H groups in total. The van der Waals surface area contributed by atoms with E-state index in [2.05, 4.69) is 5.32 Å². The minimum absolute atomic E-state index is 0.0270. The number of methoxy groups -OCH3 is 1. The summed E-state index contributed by atoms with van der Waals surface area (Å²) < 4.78 is 5.15. The minimum Gasteiger partial charge on any atom is -0.508 e. The Hall–Kier alpha value is -1.71. The quantitative estimate of drug-likeness (QED) is 0.812. The molecule has 92 valence electrons. The predicted molar refractivity (Wildman–Crippen MR) is 64.1 cm³/mol. The van der Waals surface area contributed by atoms with Gasteiger partial charge in [0.05, 0.1) is 13.5 Å². The molecule has 0 aromatic heterocycles. The van der Waals surface area contributed by atoms with Crippen molar-refractivity contribution in [1.82, 2.24) is 5.32 Å². The summed E-state index contributed by atoms with van der Waals surface area (Å²) in [5.41, 5.74) is 0.709. The molecule has 1 aliphatic carbocycles. The number of ether oxygens (including phenoxy) is 1. The second-order valence-corrected chi connectivity index (χ2v) is 4.42. The lowest BCUT2D eigenvalue weighted by Gasteiger charge is -2.09. The third-order valence-corrected chi connectivity index (χ3v) is 2.90. The first-order valence-electron chi connectivity index (χ1n) is 5.81. The van der Waals surface area contributed by atoms with Crippen molar-refractivity contribution in [3.05, 3.63) is 23.8 Å². The molecule has 0 bridgehead atoms. The van der Waals surface area contributed by atoms with E-state index in [0.29, 0.717) is 17.2 Å². The number of rotatable bonds is 5. The molecule has 1 aromatic carbocycles. The first-order valence-corrected chi connectivity index (χ1v) is 5.81. The molecular formula is C13H17NO3. The van der Waals surface area contributed by atoms with Crippen molar-refractivity contribution in [2.75, 3.05) is 13.7 Å². The van der Waals surface area contributed by atoms with Crippen LogP contribution >= 0.6 is 0 Å². The Morgan fingerprint density at radius 2 is 2.29 bits per heavy atom. The van der Waals surface area contributed by atoms with Crippen molar-refractivity contribution in [2.45, 2.75) is 19.3 Å². The molecule has 0 saturated heterocycles. The van der Waals surface area contributed by atoms with Gasteiger partial charge in [0.2, 0.25) is 5.91 Å². The lowest BCUT2D eigenvalue weighted by molar-refractivity contribution is -0.120. The normalized spacial score (nSPS) is 14.4. The van der Waals surface area contributed by atoms with Crippen LogP contribution in [0.1, 0.15) is 18.4 Å². The molecule has 0 atom stereocenters. The summed E-state index contributed by atoms with van der Waals surface area (Å²) in [6.45, 7) is 0.764. The van der Waals surface area contributed by atoms with E-state index >= 15 is 0 Å². The smallest absolute Gasteiger partial charge is 0.224 e. The van der Waals surface area contributed by atoms with Crippen molar-refractivity contribution in [2.24, 2.45) is 5.92 Å². The van der Waals surface area contributed by atoms with Crippen LogP contribution in [0.2, 0.25) is 0 Å². The van der Waals surface area contributed by atoms with Crippen LogP contribution in [0.5, 0.6) is 11.5 Å². The van der Waals surface area contributed by atoms with Gasteiger partial charge in [-0.2, -0.15) is 0 Å². The molecule has 1 fully saturated rings.